The van der Waals surface area contributed by atoms with E-state index in [1.165, 1.54) is 263 Å². The monoisotopic (exact) mass is 958 g/mol. The molecule has 0 aromatic rings. The molecule has 0 rings (SSSR count). The second-order valence-corrected chi connectivity index (χ2v) is 21.0. The molecule has 0 saturated carbocycles. The van der Waals surface area contributed by atoms with Crippen molar-refractivity contribution < 1.29 is 24.5 Å². The maximum absolute atomic E-state index is 12.5. The zero-order valence-corrected chi connectivity index (χ0v) is 45.9. The molecule has 402 valence electrons. The third-order valence-electron chi connectivity index (χ3n) is 14.2. The van der Waals surface area contributed by atoms with Crippen LogP contribution in [0.5, 0.6) is 0 Å². The maximum atomic E-state index is 12.5. The molecule has 0 aliphatic carbocycles. The Labute approximate surface area is 424 Å². The fourth-order valence-corrected chi connectivity index (χ4v) is 9.50. The highest BCUT2D eigenvalue weighted by Gasteiger charge is 2.18. The van der Waals surface area contributed by atoms with Gasteiger partial charge in [0, 0.05) is 12.8 Å². The normalized spacial score (nSPS) is 12.7. The summed E-state index contributed by atoms with van der Waals surface area (Å²) in [5, 5.41) is 23.2. The van der Waals surface area contributed by atoms with Crippen LogP contribution in [0.15, 0.2) is 24.3 Å². The third kappa shape index (κ3) is 53.7. The van der Waals surface area contributed by atoms with Gasteiger partial charge in [0.1, 0.15) is 0 Å². The van der Waals surface area contributed by atoms with Gasteiger partial charge in [-0.3, -0.25) is 9.59 Å². The minimum Gasteiger partial charge on any atom is -0.466 e. The number of allylic oxidation sites excluding steroid dienone is 3. The minimum absolute atomic E-state index is 0.000567. The highest BCUT2D eigenvalue weighted by molar-refractivity contribution is 5.76. The second kappa shape index (κ2) is 57.9. The van der Waals surface area contributed by atoms with E-state index in [0.29, 0.717) is 19.4 Å². The van der Waals surface area contributed by atoms with Crippen LogP contribution in [-0.4, -0.2) is 47.4 Å². The van der Waals surface area contributed by atoms with E-state index in [1.807, 2.05) is 6.08 Å². The van der Waals surface area contributed by atoms with Crippen LogP contribution in [0.1, 0.15) is 335 Å². The van der Waals surface area contributed by atoms with Gasteiger partial charge in [-0.15, -0.1) is 0 Å². The summed E-state index contributed by atoms with van der Waals surface area (Å²) in [7, 11) is 0. The molecule has 2 atom stereocenters. The molecular weight excluding hydrogens is 839 g/mol. The van der Waals surface area contributed by atoms with Crippen molar-refractivity contribution >= 4 is 11.9 Å². The van der Waals surface area contributed by atoms with Crippen molar-refractivity contribution in [1.29, 1.82) is 0 Å². The summed E-state index contributed by atoms with van der Waals surface area (Å²) in [4.78, 5) is 24.5. The molecule has 2 unspecified atom stereocenters. The lowest BCUT2D eigenvalue weighted by Crippen LogP contribution is -2.45. The lowest BCUT2D eigenvalue weighted by atomic mass is 10.0. The van der Waals surface area contributed by atoms with E-state index in [-0.39, 0.29) is 18.5 Å². The summed E-state index contributed by atoms with van der Waals surface area (Å²) in [6.07, 6.45) is 70.7. The number of carbonyl (C=O) groups is 2. The van der Waals surface area contributed by atoms with E-state index in [2.05, 4.69) is 31.3 Å². The number of aliphatic hydroxyl groups excluding tert-OH is 2. The number of ether oxygens (including phenoxy) is 1. The molecule has 0 spiro atoms. The summed E-state index contributed by atoms with van der Waals surface area (Å²) in [5.41, 5.74) is 0. The largest absolute Gasteiger partial charge is 0.466 e. The number of amides is 1. The van der Waals surface area contributed by atoms with Crippen molar-refractivity contribution in [3.63, 3.8) is 0 Å². The molecular formula is C62H119NO5. The van der Waals surface area contributed by atoms with E-state index in [0.717, 1.165) is 44.9 Å². The molecule has 0 fully saturated rings. The van der Waals surface area contributed by atoms with Crippen molar-refractivity contribution in [3.05, 3.63) is 24.3 Å². The molecule has 68 heavy (non-hydrogen) atoms. The van der Waals surface area contributed by atoms with Gasteiger partial charge in [-0.05, 0) is 51.4 Å². The zero-order valence-electron chi connectivity index (χ0n) is 45.9. The topological polar surface area (TPSA) is 95.9 Å². The van der Waals surface area contributed by atoms with Gasteiger partial charge in [-0.1, -0.05) is 295 Å². The molecule has 3 N–H and O–H groups in total. The van der Waals surface area contributed by atoms with Gasteiger partial charge >= 0.3 is 5.97 Å². The summed E-state index contributed by atoms with van der Waals surface area (Å²) >= 11 is 0. The lowest BCUT2D eigenvalue weighted by Gasteiger charge is -2.20. The number of aliphatic hydroxyl groups is 2. The second-order valence-electron chi connectivity index (χ2n) is 21.0. The number of hydrogen-bond acceptors (Lipinski definition) is 5. The third-order valence-corrected chi connectivity index (χ3v) is 14.2. The molecule has 0 bridgehead atoms. The van der Waals surface area contributed by atoms with Gasteiger partial charge in [0.05, 0.1) is 25.4 Å². The van der Waals surface area contributed by atoms with Crippen LogP contribution in [0.2, 0.25) is 0 Å². The molecule has 0 aromatic carbocycles. The quantitative estimate of drug-likeness (QED) is 0.0321. The van der Waals surface area contributed by atoms with Crippen LogP contribution in [0, 0.1) is 0 Å². The van der Waals surface area contributed by atoms with Gasteiger partial charge in [0.2, 0.25) is 5.91 Å². The summed E-state index contributed by atoms with van der Waals surface area (Å²) < 4.78 is 5.46. The Morgan fingerprint density at radius 3 is 1.09 bits per heavy atom. The molecule has 0 aromatic heterocycles. The summed E-state index contributed by atoms with van der Waals surface area (Å²) in [6, 6.07) is -0.629. The number of nitrogens with one attached hydrogen (secondary N) is 1. The van der Waals surface area contributed by atoms with Gasteiger partial charge < -0.3 is 20.3 Å². The SMILES string of the molecule is CCCC/C=C\CCCCCCCC(=O)OCCCCCCCCCCCCCCCCCCCCCCCC(=O)NC(CO)C(O)/C=C/CCCCCCCCCCCCCCCCCCC. The van der Waals surface area contributed by atoms with Gasteiger partial charge in [-0.2, -0.15) is 0 Å². The van der Waals surface area contributed by atoms with Crippen molar-refractivity contribution in [2.24, 2.45) is 0 Å². The number of unbranched alkanes of at least 4 members (excludes halogenated alkanes) is 44. The number of carbonyl (C=O) groups excluding carboxylic acids is 2. The molecule has 0 radical (unpaired) electrons. The predicted molar refractivity (Wildman–Crippen MR) is 296 cm³/mol. The molecule has 6 heteroatoms. The first kappa shape index (κ1) is 66.3. The van der Waals surface area contributed by atoms with Gasteiger partial charge in [0.15, 0.2) is 0 Å². The minimum atomic E-state index is -0.845. The van der Waals surface area contributed by atoms with E-state index in [9.17, 15) is 19.8 Å². The highest BCUT2D eigenvalue weighted by Crippen LogP contribution is 2.18. The number of esters is 1. The molecule has 0 aliphatic rings. The fraction of sp³-hybridized carbons (Fsp3) is 0.903. The van der Waals surface area contributed by atoms with Crippen LogP contribution in [0.4, 0.5) is 0 Å². The Hall–Kier alpha value is -1.66. The molecule has 1 amide bonds. The molecule has 0 saturated heterocycles. The first-order valence-corrected chi connectivity index (χ1v) is 30.6. The van der Waals surface area contributed by atoms with Crippen LogP contribution in [0.3, 0.4) is 0 Å². The summed E-state index contributed by atoms with van der Waals surface area (Å²) in [6.45, 7) is 4.88. The fourth-order valence-electron chi connectivity index (χ4n) is 9.50. The zero-order chi connectivity index (χ0) is 49.3. The average Bonchev–Trinajstić information content (AvgIpc) is 3.34. The van der Waals surface area contributed by atoms with E-state index < -0.39 is 12.1 Å². The molecule has 0 aliphatic heterocycles. The van der Waals surface area contributed by atoms with E-state index >= 15 is 0 Å². The standard InChI is InChI=1S/C62H119NO5/c1-3-5-7-9-11-13-15-16-17-18-22-25-28-31-35-38-42-46-50-54-60(65)59(58-64)63-61(66)55-51-47-43-39-36-32-29-26-23-20-19-21-24-27-30-33-37-41-45-49-53-57-68-62(67)56-52-48-44-40-34-14-12-10-8-6-4-2/h10,12,50,54,59-60,64-65H,3-9,11,13-49,51-53,55-58H2,1-2H3,(H,63,66)/b12-10-,54-50+. The van der Waals surface area contributed by atoms with E-state index in [1.54, 1.807) is 6.08 Å². The van der Waals surface area contributed by atoms with Gasteiger partial charge in [-0.25, -0.2) is 0 Å². The average molecular weight is 959 g/mol. The van der Waals surface area contributed by atoms with Crippen LogP contribution < -0.4 is 5.32 Å². The lowest BCUT2D eigenvalue weighted by molar-refractivity contribution is -0.143. The highest BCUT2D eigenvalue weighted by atomic mass is 16.5. The molecule has 6 nitrogen and oxygen atoms in total. The smallest absolute Gasteiger partial charge is 0.305 e. The number of hydrogen-bond donors (Lipinski definition) is 3. The van der Waals surface area contributed by atoms with Crippen molar-refractivity contribution in [2.45, 2.75) is 347 Å². The Morgan fingerprint density at radius 1 is 0.397 bits per heavy atom. The molecule has 0 heterocycles. The van der Waals surface area contributed by atoms with Crippen LogP contribution >= 0.6 is 0 Å². The predicted octanol–water partition coefficient (Wildman–Crippen LogP) is 19.0. The van der Waals surface area contributed by atoms with Crippen molar-refractivity contribution in [3.8, 4) is 0 Å². The number of rotatable bonds is 57. The summed E-state index contributed by atoms with van der Waals surface area (Å²) in [5.74, 6) is -0.0658. The Bertz CT molecular complexity index is 1060. The Morgan fingerprint density at radius 2 is 0.706 bits per heavy atom. The van der Waals surface area contributed by atoms with E-state index in [4.69, 9.17) is 4.74 Å². The Kier molecular flexibility index (Phi) is 56.5. The van der Waals surface area contributed by atoms with Crippen LogP contribution in [0.25, 0.3) is 0 Å². The first-order chi connectivity index (χ1) is 33.5. The first-order valence-electron chi connectivity index (χ1n) is 30.6. The van der Waals surface area contributed by atoms with Crippen molar-refractivity contribution in [2.75, 3.05) is 13.2 Å². The Balaban J connectivity index is 3.43. The van der Waals surface area contributed by atoms with Crippen molar-refractivity contribution in [1.82, 2.24) is 5.32 Å². The van der Waals surface area contributed by atoms with Crippen LogP contribution in [-0.2, 0) is 14.3 Å². The maximum Gasteiger partial charge on any atom is 0.305 e. The van der Waals surface area contributed by atoms with Gasteiger partial charge in [0.25, 0.3) is 0 Å².